The van der Waals surface area contributed by atoms with E-state index in [0.717, 1.165) is 5.56 Å². The van der Waals surface area contributed by atoms with E-state index in [9.17, 15) is 9.59 Å². The molecule has 0 amide bonds. The van der Waals surface area contributed by atoms with Gasteiger partial charge in [0, 0.05) is 5.02 Å². The van der Waals surface area contributed by atoms with Gasteiger partial charge in [-0.2, -0.15) is 0 Å². The van der Waals surface area contributed by atoms with Gasteiger partial charge in [0.25, 0.3) is 5.56 Å². The van der Waals surface area contributed by atoms with Crippen LogP contribution >= 0.6 is 22.9 Å². The minimum absolute atomic E-state index is 0.274. The van der Waals surface area contributed by atoms with E-state index in [1.807, 2.05) is 12.1 Å². The van der Waals surface area contributed by atoms with Gasteiger partial charge in [-0.1, -0.05) is 47.2 Å². The highest BCUT2D eigenvalue weighted by molar-refractivity contribution is 7.07. The van der Waals surface area contributed by atoms with E-state index in [2.05, 4.69) is 4.99 Å². The van der Waals surface area contributed by atoms with Gasteiger partial charge in [0.15, 0.2) is 16.3 Å². The van der Waals surface area contributed by atoms with Gasteiger partial charge in [-0.25, -0.2) is 9.79 Å². The summed E-state index contributed by atoms with van der Waals surface area (Å²) in [5, 5.41) is 0.438. The molecule has 7 nitrogen and oxygen atoms in total. The molecule has 1 aliphatic heterocycles. The van der Waals surface area contributed by atoms with Gasteiger partial charge in [0.2, 0.25) is 0 Å². The van der Waals surface area contributed by atoms with E-state index in [1.54, 1.807) is 57.6 Å². The van der Waals surface area contributed by atoms with E-state index in [1.165, 1.54) is 23.0 Å². The molecule has 0 saturated carbocycles. The molecule has 0 fully saturated rings. The molecule has 2 heterocycles. The summed E-state index contributed by atoms with van der Waals surface area (Å²) in [6.07, 6.45) is 1.76. The Morgan fingerprint density at radius 3 is 2.52 bits per heavy atom. The first kappa shape index (κ1) is 22.8. The number of hydrogen-bond donors (Lipinski definition) is 0. The third-order valence-corrected chi connectivity index (χ3v) is 6.66. The van der Waals surface area contributed by atoms with Gasteiger partial charge >= 0.3 is 5.97 Å². The number of methoxy groups -OCH3 is 3. The summed E-state index contributed by atoms with van der Waals surface area (Å²) in [6.45, 7) is 1.72. The summed E-state index contributed by atoms with van der Waals surface area (Å²) >= 11 is 7.72. The minimum atomic E-state index is -0.755. The molecular weight excluding hydrogens is 464 g/mol. The van der Waals surface area contributed by atoms with Gasteiger partial charge in [0.1, 0.15) is 6.04 Å². The number of carbonyl (C=O) groups is 1. The Balaban J connectivity index is 1.96. The van der Waals surface area contributed by atoms with E-state index in [-0.39, 0.29) is 11.1 Å². The van der Waals surface area contributed by atoms with Crippen LogP contribution in [0.2, 0.25) is 5.02 Å². The maximum absolute atomic E-state index is 13.6. The second-order valence-electron chi connectivity index (χ2n) is 7.21. The van der Waals surface area contributed by atoms with Crippen molar-refractivity contribution in [2.75, 3.05) is 21.3 Å². The summed E-state index contributed by atoms with van der Waals surface area (Å²) in [6, 6.07) is 11.7. The molecule has 170 valence electrons. The first-order valence-electron chi connectivity index (χ1n) is 9.97. The smallest absolute Gasteiger partial charge is 0.338 e. The van der Waals surface area contributed by atoms with Crippen LogP contribution < -0.4 is 24.4 Å². The lowest BCUT2D eigenvalue weighted by atomic mass is 9.96. The number of halogens is 1. The Bertz CT molecular complexity index is 1450. The van der Waals surface area contributed by atoms with E-state index in [0.29, 0.717) is 37.1 Å². The number of nitrogens with zero attached hydrogens (tertiary/aromatic N) is 2. The molecule has 1 aromatic heterocycles. The molecule has 33 heavy (non-hydrogen) atoms. The lowest BCUT2D eigenvalue weighted by molar-refractivity contribution is -0.136. The van der Waals surface area contributed by atoms with Crippen molar-refractivity contribution in [1.29, 1.82) is 0 Å². The van der Waals surface area contributed by atoms with Crippen LogP contribution in [0.1, 0.15) is 24.1 Å². The fourth-order valence-corrected chi connectivity index (χ4v) is 5.06. The van der Waals surface area contributed by atoms with E-state index in [4.69, 9.17) is 25.8 Å². The molecule has 0 bridgehead atoms. The van der Waals surface area contributed by atoms with E-state index < -0.39 is 12.0 Å². The Hall–Kier alpha value is -3.36. The number of thiazole rings is 1. The Labute approximate surface area is 198 Å². The standard InChI is InChI=1S/C24H21ClN2O5S/c1-13-20(23(29)32-4)21(15-7-5-6-8-16(15)25)27-22(28)19(33-24(27)26-13)12-14-9-10-17(30-2)18(11-14)31-3/h5-12,21H,1-4H3/b19-12+. The first-order valence-corrected chi connectivity index (χ1v) is 11.2. The summed E-state index contributed by atoms with van der Waals surface area (Å²) < 4.78 is 17.6. The van der Waals surface area contributed by atoms with Crippen LogP contribution in [0, 0.1) is 0 Å². The largest absolute Gasteiger partial charge is 0.493 e. The van der Waals surface area contributed by atoms with Gasteiger partial charge in [-0.3, -0.25) is 9.36 Å². The van der Waals surface area contributed by atoms with Crippen molar-refractivity contribution >= 4 is 35.0 Å². The number of carbonyl (C=O) groups excluding carboxylic acids is 1. The van der Waals surface area contributed by atoms with Crippen LogP contribution in [-0.4, -0.2) is 31.9 Å². The lowest BCUT2D eigenvalue weighted by Crippen LogP contribution is -2.39. The Morgan fingerprint density at radius 1 is 1.12 bits per heavy atom. The van der Waals surface area contributed by atoms with Gasteiger partial charge in [-0.05, 0) is 42.3 Å². The molecule has 9 heteroatoms. The molecular formula is C24H21ClN2O5S. The number of rotatable bonds is 5. The molecule has 0 saturated heterocycles. The average molecular weight is 485 g/mol. The monoisotopic (exact) mass is 484 g/mol. The van der Waals surface area contributed by atoms with Crippen LogP contribution in [0.4, 0.5) is 0 Å². The molecule has 0 radical (unpaired) electrons. The molecule has 0 aliphatic carbocycles. The molecule has 1 aliphatic rings. The van der Waals surface area contributed by atoms with Crippen molar-refractivity contribution in [1.82, 2.24) is 4.57 Å². The van der Waals surface area contributed by atoms with Gasteiger partial charge in [0.05, 0.1) is 37.1 Å². The number of benzene rings is 2. The number of esters is 1. The van der Waals surface area contributed by atoms with Crippen molar-refractivity contribution in [2.45, 2.75) is 13.0 Å². The van der Waals surface area contributed by atoms with Crippen LogP contribution in [-0.2, 0) is 9.53 Å². The number of allylic oxidation sites excluding steroid dienone is 1. The third-order valence-electron chi connectivity index (χ3n) is 5.33. The molecule has 0 spiro atoms. The van der Waals surface area contributed by atoms with Crippen LogP contribution in [0.5, 0.6) is 11.5 Å². The summed E-state index contributed by atoms with van der Waals surface area (Å²) in [5.74, 6) is 0.584. The SMILES string of the molecule is COC(=O)C1=C(C)N=c2s/c(=C/c3ccc(OC)c(OC)c3)c(=O)n2C1c1ccccc1Cl. The normalized spacial score (nSPS) is 15.7. The number of aromatic nitrogens is 1. The molecule has 3 aromatic rings. The fourth-order valence-electron chi connectivity index (χ4n) is 3.78. The average Bonchev–Trinajstić information content (AvgIpc) is 3.12. The van der Waals surface area contributed by atoms with Crippen LogP contribution in [0.25, 0.3) is 6.08 Å². The Morgan fingerprint density at radius 2 is 1.85 bits per heavy atom. The highest BCUT2D eigenvalue weighted by Crippen LogP contribution is 2.34. The topological polar surface area (TPSA) is 79.1 Å². The van der Waals surface area contributed by atoms with Gasteiger partial charge < -0.3 is 14.2 Å². The number of hydrogen-bond acceptors (Lipinski definition) is 7. The van der Waals surface area contributed by atoms with Crippen molar-refractivity contribution < 1.29 is 19.0 Å². The van der Waals surface area contributed by atoms with E-state index >= 15 is 0 Å². The maximum atomic E-state index is 13.6. The van der Waals surface area contributed by atoms with Crippen molar-refractivity contribution in [2.24, 2.45) is 4.99 Å². The molecule has 2 aromatic carbocycles. The van der Waals surface area contributed by atoms with Crippen molar-refractivity contribution in [3.8, 4) is 11.5 Å². The molecule has 1 unspecified atom stereocenters. The zero-order valence-electron chi connectivity index (χ0n) is 18.4. The predicted octanol–water partition coefficient (Wildman–Crippen LogP) is 3.08. The van der Waals surface area contributed by atoms with Crippen LogP contribution in [0.3, 0.4) is 0 Å². The highest BCUT2D eigenvalue weighted by Gasteiger charge is 2.34. The summed E-state index contributed by atoms with van der Waals surface area (Å²) in [4.78, 5) is 31.3. The zero-order valence-corrected chi connectivity index (χ0v) is 20.0. The summed E-state index contributed by atoms with van der Waals surface area (Å²) in [5.41, 5.74) is 1.84. The zero-order chi connectivity index (χ0) is 23.7. The minimum Gasteiger partial charge on any atom is -0.493 e. The second kappa shape index (κ2) is 9.25. The molecule has 1 atom stereocenters. The molecule has 0 N–H and O–H groups in total. The lowest BCUT2D eigenvalue weighted by Gasteiger charge is -2.25. The molecule has 4 rings (SSSR count). The first-order chi connectivity index (χ1) is 15.9. The predicted molar refractivity (Wildman–Crippen MR) is 127 cm³/mol. The Kier molecular flexibility index (Phi) is 6.40. The fraction of sp³-hybridized carbons (Fsp3) is 0.208. The second-order valence-corrected chi connectivity index (χ2v) is 8.63. The van der Waals surface area contributed by atoms with Crippen molar-refractivity contribution in [3.05, 3.63) is 89.6 Å². The third kappa shape index (κ3) is 4.07. The highest BCUT2D eigenvalue weighted by atomic mass is 35.5. The number of fused-ring (bicyclic) bond motifs is 1. The van der Waals surface area contributed by atoms with Crippen LogP contribution in [0.15, 0.2) is 63.5 Å². The van der Waals surface area contributed by atoms with Crippen molar-refractivity contribution in [3.63, 3.8) is 0 Å². The quantitative estimate of drug-likeness (QED) is 0.520. The number of ether oxygens (including phenoxy) is 3. The van der Waals surface area contributed by atoms with Gasteiger partial charge in [-0.15, -0.1) is 0 Å². The summed E-state index contributed by atoms with van der Waals surface area (Å²) in [7, 11) is 4.41. The maximum Gasteiger partial charge on any atom is 0.338 e.